The second-order valence-corrected chi connectivity index (χ2v) is 6.55. The van der Waals surface area contributed by atoms with E-state index in [2.05, 4.69) is 23.3 Å². The molecule has 1 heterocycles. The summed E-state index contributed by atoms with van der Waals surface area (Å²) in [6.07, 6.45) is 5.20. The predicted molar refractivity (Wildman–Crippen MR) is 90.9 cm³/mol. The third kappa shape index (κ3) is 5.01. The highest BCUT2D eigenvalue weighted by molar-refractivity contribution is 5.78. The van der Waals surface area contributed by atoms with Crippen LogP contribution in [0.5, 0.6) is 0 Å². The molecule has 1 aromatic heterocycles. The molecule has 5 heteroatoms. The first-order chi connectivity index (χ1) is 11.0. The maximum absolute atomic E-state index is 12.4. The van der Waals surface area contributed by atoms with Gasteiger partial charge in [0.1, 0.15) is 0 Å². The van der Waals surface area contributed by atoms with Gasteiger partial charge in [0.05, 0.1) is 6.10 Å². The first-order valence-electron chi connectivity index (χ1n) is 8.58. The lowest BCUT2D eigenvalue weighted by atomic mass is 9.83. The molecule has 0 radical (unpaired) electrons. The first kappa shape index (κ1) is 17.9. The smallest absolute Gasteiger partial charge is 0.223 e. The van der Waals surface area contributed by atoms with Gasteiger partial charge in [-0.05, 0) is 50.7 Å². The third-order valence-electron chi connectivity index (χ3n) is 4.61. The SMILES string of the molecule is CCCO[C@@H]1C[C@@H](C(=O)NCc2cnc(C)c(C)c2)CC[C@H]1N. The molecule has 3 atom stereocenters. The molecule has 0 bridgehead atoms. The number of nitrogens with zero attached hydrogens (tertiary/aromatic N) is 1. The van der Waals surface area contributed by atoms with E-state index < -0.39 is 0 Å². The van der Waals surface area contributed by atoms with Gasteiger partial charge in [-0.3, -0.25) is 9.78 Å². The number of carbonyl (C=O) groups is 1. The Morgan fingerprint density at radius 3 is 2.91 bits per heavy atom. The molecule has 1 aromatic rings. The molecule has 0 spiro atoms. The molecule has 0 aromatic carbocycles. The number of nitrogens with two attached hydrogens (primary N) is 1. The molecule has 5 nitrogen and oxygen atoms in total. The van der Waals surface area contributed by atoms with Crippen molar-refractivity contribution in [3.8, 4) is 0 Å². The number of carbonyl (C=O) groups excluding carboxylic acids is 1. The van der Waals surface area contributed by atoms with Gasteiger partial charge in [0.25, 0.3) is 0 Å². The van der Waals surface area contributed by atoms with E-state index >= 15 is 0 Å². The van der Waals surface area contributed by atoms with Crippen LogP contribution in [0.3, 0.4) is 0 Å². The van der Waals surface area contributed by atoms with Crippen molar-refractivity contribution in [2.75, 3.05) is 6.61 Å². The number of hydrogen-bond acceptors (Lipinski definition) is 4. The van der Waals surface area contributed by atoms with Gasteiger partial charge in [0.15, 0.2) is 0 Å². The molecule has 1 saturated carbocycles. The highest BCUT2D eigenvalue weighted by Crippen LogP contribution is 2.26. The van der Waals surface area contributed by atoms with Crippen molar-refractivity contribution in [3.05, 3.63) is 29.1 Å². The van der Waals surface area contributed by atoms with Crippen molar-refractivity contribution >= 4 is 5.91 Å². The standard InChI is InChI=1S/C18H29N3O2/c1-4-7-23-17-9-15(5-6-16(17)19)18(22)21-11-14-8-12(2)13(3)20-10-14/h8,10,15-17H,4-7,9,11,19H2,1-3H3,(H,21,22)/t15-,16+,17+/m0/s1. The number of aryl methyl sites for hydroxylation is 2. The highest BCUT2D eigenvalue weighted by atomic mass is 16.5. The lowest BCUT2D eigenvalue weighted by molar-refractivity contribution is -0.128. The van der Waals surface area contributed by atoms with Crippen LogP contribution in [-0.4, -0.2) is 29.6 Å². The summed E-state index contributed by atoms with van der Waals surface area (Å²) in [6.45, 7) is 7.33. The molecule has 1 aliphatic rings. The van der Waals surface area contributed by atoms with E-state index in [1.807, 2.05) is 20.0 Å². The van der Waals surface area contributed by atoms with Gasteiger partial charge in [-0.15, -0.1) is 0 Å². The summed E-state index contributed by atoms with van der Waals surface area (Å²) in [5, 5.41) is 3.03. The van der Waals surface area contributed by atoms with Crippen molar-refractivity contribution in [1.82, 2.24) is 10.3 Å². The Hall–Kier alpha value is -1.46. The van der Waals surface area contributed by atoms with Crippen LogP contribution in [0.1, 0.15) is 49.4 Å². The number of aromatic nitrogens is 1. The first-order valence-corrected chi connectivity index (χ1v) is 8.58. The van der Waals surface area contributed by atoms with Crippen molar-refractivity contribution in [2.45, 2.75) is 65.1 Å². The zero-order valence-electron chi connectivity index (χ0n) is 14.5. The summed E-state index contributed by atoms with van der Waals surface area (Å²) >= 11 is 0. The summed E-state index contributed by atoms with van der Waals surface area (Å²) in [4.78, 5) is 16.8. The van der Waals surface area contributed by atoms with Crippen LogP contribution < -0.4 is 11.1 Å². The molecule has 1 aliphatic carbocycles. The van der Waals surface area contributed by atoms with E-state index in [9.17, 15) is 4.79 Å². The van der Waals surface area contributed by atoms with E-state index in [1.54, 1.807) is 0 Å². The number of pyridine rings is 1. The predicted octanol–water partition coefficient (Wildman–Crippen LogP) is 2.24. The fourth-order valence-electron chi connectivity index (χ4n) is 2.98. The molecule has 2 rings (SSSR count). The van der Waals surface area contributed by atoms with E-state index in [4.69, 9.17) is 10.5 Å². The zero-order valence-corrected chi connectivity index (χ0v) is 14.5. The van der Waals surface area contributed by atoms with Crippen LogP contribution in [0.4, 0.5) is 0 Å². The fourth-order valence-corrected chi connectivity index (χ4v) is 2.98. The Morgan fingerprint density at radius 1 is 1.43 bits per heavy atom. The third-order valence-corrected chi connectivity index (χ3v) is 4.61. The van der Waals surface area contributed by atoms with Gasteiger partial charge in [-0.1, -0.05) is 13.0 Å². The van der Waals surface area contributed by atoms with Crippen LogP contribution in [0, 0.1) is 19.8 Å². The zero-order chi connectivity index (χ0) is 16.8. The van der Waals surface area contributed by atoms with Crippen LogP contribution in [0.15, 0.2) is 12.3 Å². The summed E-state index contributed by atoms with van der Waals surface area (Å²) in [6, 6.07) is 2.13. The lowest BCUT2D eigenvalue weighted by Gasteiger charge is -2.33. The number of rotatable bonds is 6. The van der Waals surface area contributed by atoms with Crippen molar-refractivity contribution in [1.29, 1.82) is 0 Å². The Labute approximate surface area is 139 Å². The lowest BCUT2D eigenvalue weighted by Crippen LogP contribution is -2.45. The van der Waals surface area contributed by atoms with Gasteiger partial charge in [0.2, 0.25) is 5.91 Å². The number of amides is 1. The molecule has 1 amide bonds. The fraction of sp³-hybridized carbons (Fsp3) is 0.667. The molecule has 0 unspecified atom stereocenters. The summed E-state index contributed by atoms with van der Waals surface area (Å²) in [5.74, 6) is 0.0939. The van der Waals surface area contributed by atoms with E-state index in [-0.39, 0.29) is 24.0 Å². The van der Waals surface area contributed by atoms with Gasteiger partial charge in [0, 0.05) is 37.0 Å². The van der Waals surface area contributed by atoms with E-state index in [1.165, 1.54) is 0 Å². The van der Waals surface area contributed by atoms with Gasteiger partial charge >= 0.3 is 0 Å². The normalized spacial score (nSPS) is 24.4. The minimum absolute atomic E-state index is 0.00253. The maximum Gasteiger partial charge on any atom is 0.223 e. The van der Waals surface area contributed by atoms with Gasteiger partial charge < -0.3 is 15.8 Å². The molecular weight excluding hydrogens is 290 g/mol. The monoisotopic (exact) mass is 319 g/mol. The minimum Gasteiger partial charge on any atom is -0.377 e. The van der Waals surface area contributed by atoms with Crippen molar-refractivity contribution in [3.63, 3.8) is 0 Å². The molecule has 3 N–H and O–H groups in total. The average molecular weight is 319 g/mol. The second kappa shape index (κ2) is 8.41. The topological polar surface area (TPSA) is 77.2 Å². The number of nitrogens with one attached hydrogen (secondary N) is 1. The Balaban J connectivity index is 1.86. The molecule has 0 saturated heterocycles. The average Bonchev–Trinajstić information content (AvgIpc) is 2.55. The Kier molecular flexibility index (Phi) is 6.54. The number of ether oxygens (including phenoxy) is 1. The largest absolute Gasteiger partial charge is 0.377 e. The van der Waals surface area contributed by atoms with Crippen LogP contribution in [0.2, 0.25) is 0 Å². The maximum atomic E-state index is 12.4. The molecule has 128 valence electrons. The number of hydrogen-bond donors (Lipinski definition) is 2. The Bertz CT molecular complexity index is 533. The molecule has 1 fully saturated rings. The highest BCUT2D eigenvalue weighted by Gasteiger charge is 2.32. The minimum atomic E-state index is -0.00355. The van der Waals surface area contributed by atoms with Gasteiger partial charge in [-0.25, -0.2) is 0 Å². The van der Waals surface area contributed by atoms with Crippen molar-refractivity contribution < 1.29 is 9.53 Å². The summed E-state index contributed by atoms with van der Waals surface area (Å²) in [7, 11) is 0. The summed E-state index contributed by atoms with van der Waals surface area (Å²) in [5.41, 5.74) is 9.32. The van der Waals surface area contributed by atoms with E-state index in [0.29, 0.717) is 13.2 Å². The van der Waals surface area contributed by atoms with Crippen LogP contribution in [-0.2, 0) is 16.1 Å². The van der Waals surface area contributed by atoms with Crippen LogP contribution in [0.25, 0.3) is 0 Å². The quantitative estimate of drug-likeness (QED) is 0.843. The molecule has 23 heavy (non-hydrogen) atoms. The molecular formula is C18H29N3O2. The van der Waals surface area contributed by atoms with E-state index in [0.717, 1.165) is 42.5 Å². The Morgan fingerprint density at radius 2 is 2.22 bits per heavy atom. The summed E-state index contributed by atoms with van der Waals surface area (Å²) < 4.78 is 5.80. The van der Waals surface area contributed by atoms with Crippen LogP contribution >= 0.6 is 0 Å². The van der Waals surface area contributed by atoms with Crippen molar-refractivity contribution in [2.24, 2.45) is 11.7 Å². The molecule has 0 aliphatic heterocycles. The second-order valence-electron chi connectivity index (χ2n) is 6.55. The van der Waals surface area contributed by atoms with Gasteiger partial charge in [-0.2, -0.15) is 0 Å².